The Bertz CT molecular complexity index is 610. The normalized spacial score (nSPS) is 16.4. The first-order valence-electron chi connectivity index (χ1n) is 7.31. The van der Waals surface area contributed by atoms with Crippen LogP contribution in [-0.4, -0.2) is 58.6 Å². The highest BCUT2D eigenvalue weighted by atomic mass is 16.3. The molecule has 21 heavy (non-hydrogen) atoms. The lowest BCUT2D eigenvalue weighted by Gasteiger charge is -2.34. The number of carbonyl (C=O) groups is 1. The maximum absolute atomic E-state index is 12.8. The number of amides is 1. The third kappa shape index (κ3) is 2.58. The second-order valence-electron chi connectivity index (χ2n) is 5.28. The van der Waals surface area contributed by atoms with Crippen LogP contribution in [0.4, 0.5) is 0 Å². The van der Waals surface area contributed by atoms with E-state index in [0.29, 0.717) is 17.0 Å². The highest BCUT2D eigenvalue weighted by Crippen LogP contribution is 2.25. The number of aromatic amines is 1. The Morgan fingerprint density at radius 2 is 2.14 bits per heavy atom. The van der Waals surface area contributed by atoms with Gasteiger partial charge >= 0.3 is 0 Å². The highest BCUT2D eigenvalue weighted by molar-refractivity contribution is 6.00. The molecule has 0 atom stereocenters. The Hall–Kier alpha value is -2.08. The fraction of sp³-hybridized carbons (Fsp3) is 0.467. The standard InChI is InChI=1S/C15H20N4O2/c1-3-18-6-8-19(9-7-18)15(20)13-11(2)16-17-14(13)12-5-4-10-21-12/h4-5,10H,3,6-9H2,1-2H3,(H,16,17). The monoisotopic (exact) mass is 288 g/mol. The lowest BCUT2D eigenvalue weighted by atomic mass is 10.1. The van der Waals surface area contributed by atoms with Crippen molar-refractivity contribution in [2.75, 3.05) is 32.7 Å². The Morgan fingerprint density at radius 3 is 2.76 bits per heavy atom. The van der Waals surface area contributed by atoms with Crippen molar-refractivity contribution < 1.29 is 9.21 Å². The minimum Gasteiger partial charge on any atom is -0.463 e. The van der Waals surface area contributed by atoms with Crippen molar-refractivity contribution in [3.63, 3.8) is 0 Å². The molecular weight excluding hydrogens is 268 g/mol. The number of nitrogens with zero attached hydrogens (tertiary/aromatic N) is 3. The zero-order valence-electron chi connectivity index (χ0n) is 12.4. The number of H-pyrrole nitrogens is 1. The summed E-state index contributed by atoms with van der Waals surface area (Å²) in [6, 6.07) is 3.62. The van der Waals surface area contributed by atoms with Gasteiger partial charge in [0.25, 0.3) is 5.91 Å². The quantitative estimate of drug-likeness (QED) is 0.934. The molecule has 1 fully saturated rings. The number of rotatable bonds is 3. The number of furan rings is 1. The third-order valence-corrected chi connectivity index (χ3v) is 4.02. The fourth-order valence-corrected chi connectivity index (χ4v) is 2.71. The minimum atomic E-state index is 0.0309. The summed E-state index contributed by atoms with van der Waals surface area (Å²) in [6.45, 7) is 8.42. The number of piperazine rings is 1. The van der Waals surface area contributed by atoms with Crippen LogP contribution < -0.4 is 0 Å². The summed E-state index contributed by atoms with van der Waals surface area (Å²) in [6.07, 6.45) is 1.59. The van der Waals surface area contributed by atoms with Crippen LogP contribution in [0.5, 0.6) is 0 Å². The van der Waals surface area contributed by atoms with Gasteiger partial charge in [0.15, 0.2) is 5.76 Å². The predicted octanol–water partition coefficient (Wildman–Crippen LogP) is 1.76. The number of carbonyl (C=O) groups excluding carboxylic acids is 1. The molecule has 0 radical (unpaired) electrons. The van der Waals surface area contributed by atoms with E-state index in [2.05, 4.69) is 22.0 Å². The van der Waals surface area contributed by atoms with E-state index < -0.39 is 0 Å². The summed E-state index contributed by atoms with van der Waals surface area (Å²) in [5.41, 5.74) is 2.00. The van der Waals surface area contributed by atoms with Crippen LogP contribution in [0.2, 0.25) is 0 Å². The van der Waals surface area contributed by atoms with Crippen molar-refractivity contribution in [2.24, 2.45) is 0 Å². The molecule has 1 aliphatic heterocycles. The topological polar surface area (TPSA) is 65.4 Å². The number of aromatic nitrogens is 2. The van der Waals surface area contributed by atoms with E-state index in [-0.39, 0.29) is 5.91 Å². The molecule has 0 aliphatic carbocycles. The fourth-order valence-electron chi connectivity index (χ4n) is 2.71. The van der Waals surface area contributed by atoms with Gasteiger partial charge in [-0.2, -0.15) is 5.10 Å². The molecule has 2 aromatic heterocycles. The molecule has 0 bridgehead atoms. The molecule has 2 aromatic rings. The van der Waals surface area contributed by atoms with Crippen LogP contribution in [-0.2, 0) is 0 Å². The van der Waals surface area contributed by atoms with E-state index in [1.807, 2.05) is 17.9 Å². The Kier molecular flexibility index (Phi) is 3.79. The number of hydrogen-bond acceptors (Lipinski definition) is 4. The molecule has 1 saturated heterocycles. The largest absolute Gasteiger partial charge is 0.463 e. The number of aryl methyl sites for hydroxylation is 1. The minimum absolute atomic E-state index is 0.0309. The van der Waals surface area contributed by atoms with Crippen LogP contribution >= 0.6 is 0 Å². The maximum Gasteiger partial charge on any atom is 0.258 e. The molecule has 6 heteroatoms. The lowest BCUT2D eigenvalue weighted by molar-refractivity contribution is 0.0643. The predicted molar refractivity (Wildman–Crippen MR) is 79.0 cm³/mol. The molecule has 1 N–H and O–H groups in total. The molecule has 6 nitrogen and oxygen atoms in total. The zero-order valence-corrected chi connectivity index (χ0v) is 12.4. The van der Waals surface area contributed by atoms with E-state index >= 15 is 0 Å². The SMILES string of the molecule is CCN1CCN(C(=O)c2c(-c3ccco3)n[nH]c2C)CC1. The summed E-state index contributed by atoms with van der Waals surface area (Å²) in [5, 5.41) is 7.13. The summed E-state index contributed by atoms with van der Waals surface area (Å²) in [5.74, 6) is 0.651. The molecule has 112 valence electrons. The molecule has 3 heterocycles. The molecular formula is C15H20N4O2. The van der Waals surface area contributed by atoms with E-state index in [1.165, 1.54) is 0 Å². The van der Waals surface area contributed by atoms with Gasteiger partial charge in [0.2, 0.25) is 0 Å². The third-order valence-electron chi connectivity index (χ3n) is 4.02. The first kappa shape index (κ1) is 13.9. The first-order valence-corrected chi connectivity index (χ1v) is 7.31. The van der Waals surface area contributed by atoms with Crippen LogP contribution in [0, 0.1) is 6.92 Å². The average Bonchev–Trinajstić information content (AvgIpc) is 3.16. The number of hydrogen-bond donors (Lipinski definition) is 1. The van der Waals surface area contributed by atoms with Gasteiger partial charge in [0, 0.05) is 31.9 Å². The Morgan fingerprint density at radius 1 is 1.38 bits per heavy atom. The maximum atomic E-state index is 12.8. The van der Waals surface area contributed by atoms with E-state index in [0.717, 1.165) is 38.4 Å². The summed E-state index contributed by atoms with van der Waals surface area (Å²) >= 11 is 0. The molecule has 3 rings (SSSR count). The molecule has 1 aliphatic rings. The van der Waals surface area contributed by atoms with Gasteiger partial charge in [-0.05, 0) is 25.6 Å². The Labute approximate surface area is 123 Å². The van der Waals surface area contributed by atoms with Gasteiger partial charge in [-0.1, -0.05) is 6.92 Å². The van der Waals surface area contributed by atoms with E-state index in [9.17, 15) is 4.79 Å². The highest BCUT2D eigenvalue weighted by Gasteiger charge is 2.27. The van der Waals surface area contributed by atoms with Gasteiger partial charge in [-0.15, -0.1) is 0 Å². The van der Waals surface area contributed by atoms with Gasteiger partial charge in [-0.25, -0.2) is 0 Å². The van der Waals surface area contributed by atoms with Gasteiger partial charge in [0.05, 0.1) is 11.8 Å². The summed E-state index contributed by atoms with van der Waals surface area (Å²) in [4.78, 5) is 17.0. The van der Waals surface area contributed by atoms with Crippen molar-refractivity contribution in [1.29, 1.82) is 0 Å². The summed E-state index contributed by atoms with van der Waals surface area (Å²) in [7, 11) is 0. The van der Waals surface area contributed by atoms with E-state index in [1.54, 1.807) is 12.3 Å². The molecule has 1 amide bonds. The van der Waals surface area contributed by atoms with Crippen molar-refractivity contribution >= 4 is 5.91 Å². The number of nitrogens with one attached hydrogen (secondary N) is 1. The molecule has 0 unspecified atom stereocenters. The molecule has 0 saturated carbocycles. The lowest BCUT2D eigenvalue weighted by Crippen LogP contribution is -2.48. The van der Waals surface area contributed by atoms with Crippen LogP contribution in [0.25, 0.3) is 11.5 Å². The second kappa shape index (κ2) is 5.73. The number of likely N-dealkylation sites (N-methyl/N-ethyl adjacent to an activating group) is 1. The van der Waals surface area contributed by atoms with Gasteiger partial charge < -0.3 is 14.2 Å². The molecule has 0 aromatic carbocycles. The second-order valence-corrected chi connectivity index (χ2v) is 5.28. The zero-order chi connectivity index (χ0) is 14.8. The van der Waals surface area contributed by atoms with Gasteiger partial charge in [-0.3, -0.25) is 9.89 Å². The van der Waals surface area contributed by atoms with Crippen molar-refractivity contribution in [3.8, 4) is 11.5 Å². The average molecular weight is 288 g/mol. The van der Waals surface area contributed by atoms with Crippen molar-refractivity contribution in [3.05, 3.63) is 29.7 Å². The van der Waals surface area contributed by atoms with Crippen LogP contribution in [0.3, 0.4) is 0 Å². The van der Waals surface area contributed by atoms with Crippen molar-refractivity contribution in [2.45, 2.75) is 13.8 Å². The Balaban J connectivity index is 1.84. The smallest absolute Gasteiger partial charge is 0.258 e. The first-order chi connectivity index (χ1) is 10.2. The van der Waals surface area contributed by atoms with E-state index in [4.69, 9.17) is 4.42 Å². The van der Waals surface area contributed by atoms with Crippen molar-refractivity contribution in [1.82, 2.24) is 20.0 Å². The van der Waals surface area contributed by atoms with Crippen LogP contribution in [0.15, 0.2) is 22.8 Å². The van der Waals surface area contributed by atoms with Crippen LogP contribution in [0.1, 0.15) is 23.0 Å². The molecule has 0 spiro atoms. The summed E-state index contributed by atoms with van der Waals surface area (Å²) < 4.78 is 5.38. The van der Waals surface area contributed by atoms with Gasteiger partial charge in [0.1, 0.15) is 5.69 Å².